The molecule has 0 aromatic heterocycles. The first-order chi connectivity index (χ1) is 8.79. The van der Waals surface area contributed by atoms with E-state index in [1.54, 1.807) is 6.08 Å². The molecule has 0 radical (unpaired) electrons. The number of carbonyl (C=O) groups excluding carboxylic acids is 1. The third-order valence-electron chi connectivity index (χ3n) is 2.58. The highest BCUT2D eigenvalue weighted by Crippen LogP contribution is 2.16. The molecule has 0 aromatic carbocycles. The van der Waals surface area contributed by atoms with Gasteiger partial charge in [-0.15, -0.1) is 0 Å². The fraction of sp³-hybridized carbons (Fsp3) is 0.267. The minimum Gasteiger partial charge on any atom is -0.487 e. The van der Waals surface area contributed by atoms with Gasteiger partial charge in [-0.05, 0) is 25.2 Å². The van der Waals surface area contributed by atoms with Crippen LogP contribution in [0, 0.1) is 5.92 Å². The van der Waals surface area contributed by atoms with Crippen molar-refractivity contribution in [1.29, 1.82) is 0 Å². The van der Waals surface area contributed by atoms with Gasteiger partial charge >= 0.3 is 5.97 Å². The maximum Gasteiger partial charge on any atom is 0.374 e. The van der Waals surface area contributed by atoms with Gasteiger partial charge in [0.15, 0.2) is 0 Å². The Balaban J connectivity index is 2.01. The van der Waals surface area contributed by atoms with Crippen molar-refractivity contribution in [2.24, 2.45) is 5.92 Å². The average Bonchev–Trinajstić information content (AvgIpc) is 3.01. The molecule has 0 N–H and O–H groups in total. The predicted octanol–water partition coefficient (Wildman–Crippen LogP) is 2.69. The molecule has 2 rings (SSSR count). The monoisotopic (exact) mass is 244 g/mol. The second-order valence-electron chi connectivity index (χ2n) is 3.95. The van der Waals surface area contributed by atoms with E-state index in [-0.39, 0.29) is 17.8 Å². The molecule has 2 aliphatic carbocycles. The fourth-order valence-electron chi connectivity index (χ4n) is 1.74. The molecule has 0 atom stereocenters. The predicted molar refractivity (Wildman–Crippen MR) is 69.6 cm³/mol. The second kappa shape index (κ2) is 6.05. The standard InChI is InChI=1S/C15H16O3/c1-2-17-14(11-12-7-3-4-8-12)15(16)18-13-9-5-6-10-13/h3-13H,2H2,1H3. The summed E-state index contributed by atoms with van der Waals surface area (Å²) in [5.74, 6) is -0.0482. The lowest BCUT2D eigenvalue weighted by molar-refractivity contribution is -0.144. The molecule has 18 heavy (non-hydrogen) atoms. The van der Waals surface area contributed by atoms with Gasteiger partial charge in [-0.2, -0.15) is 0 Å². The molecule has 2 aliphatic rings. The maximum absolute atomic E-state index is 11.9. The number of allylic oxidation sites excluding steroid dienone is 7. The highest BCUT2D eigenvalue weighted by Gasteiger charge is 2.18. The van der Waals surface area contributed by atoms with E-state index >= 15 is 0 Å². The molecule has 0 aromatic rings. The van der Waals surface area contributed by atoms with E-state index in [9.17, 15) is 4.79 Å². The third kappa shape index (κ3) is 3.23. The van der Waals surface area contributed by atoms with Crippen molar-refractivity contribution in [2.45, 2.75) is 13.0 Å². The lowest BCUT2D eigenvalue weighted by Gasteiger charge is -2.12. The van der Waals surface area contributed by atoms with Crippen LogP contribution in [-0.2, 0) is 14.3 Å². The summed E-state index contributed by atoms with van der Waals surface area (Å²) in [5, 5.41) is 0. The quantitative estimate of drug-likeness (QED) is 0.424. The van der Waals surface area contributed by atoms with E-state index in [1.165, 1.54) is 0 Å². The number of ether oxygens (including phenoxy) is 2. The van der Waals surface area contributed by atoms with Gasteiger partial charge in [0, 0.05) is 5.92 Å². The maximum atomic E-state index is 11.9. The summed E-state index contributed by atoms with van der Waals surface area (Å²) in [6.07, 6.45) is 16.7. The average molecular weight is 244 g/mol. The molecule has 0 unspecified atom stereocenters. The van der Waals surface area contributed by atoms with E-state index in [2.05, 4.69) is 0 Å². The molecule has 3 heteroatoms. The second-order valence-corrected chi connectivity index (χ2v) is 3.95. The minimum absolute atomic E-state index is 0.105. The molecule has 0 spiro atoms. The van der Waals surface area contributed by atoms with Gasteiger partial charge in [0.25, 0.3) is 0 Å². The molecular formula is C15H16O3. The van der Waals surface area contributed by atoms with Crippen molar-refractivity contribution in [1.82, 2.24) is 0 Å². The van der Waals surface area contributed by atoms with Crippen LogP contribution in [0.4, 0.5) is 0 Å². The van der Waals surface area contributed by atoms with Crippen LogP contribution in [0.15, 0.2) is 60.4 Å². The van der Waals surface area contributed by atoms with Gasteiger partial charge in [-0.3, -0.25) is 0 Å². The van der Waals surface area contributed by atoms with Crippen molar-refractivity contribution >= 4 is 5.97 Å². The summed E-state index contributed by atoms with van der Waals surface area (Å²) in [6.45, 7) is 2.29. The smallest absolute Gasteiger partial charge is 0.374 e. The van der Waals surface area contributed by atoms with E-state index < -0.39 is 5.97 Å². The molecule has 0 saturated heterocycles. The highest BCUT2D eigenvalue weighted by molar-refractivity contribution is 5.86. The van der Waals surface area contributed by atoms with Crippen molar-refractivity contribution in [3.05, 3.63) is 60.4 Å². The zero-order chi connectivity index (χ0) is 12.8. The normalized spacial score (nSPS) is 18.8. The van der Waals surface area contributed by atoms with E-state index in [4.69, 9.17) is 9.47 Å². The summed E-state index contributed by atoms with van der Waals surface area (Å²) < 4.78 is 10.6. The zero-order valence-electron chi connectivity index (χ0n) is 10.3. The molecule has 0 saturated carbocycles. The topological polar surface area (TPSA) is 35.5 Å². The van der Waals surface area contributed by atoms with Crippen LogP contribution in [-0.4, -0.2) is 18.7 Å². The highest BCUT2D eigenvalue weighted by atomic mass is 16.6. The molecule has 0 amide bonds. The van der Waals surface area contributed by atoms with Gasteiger partial charge in [-0.1, -0.05) is 36.5 Å². The molecule has 0 heterocycles. The first-order valence-electron chi connectivity index (χ1n) is 6.05. The molecule has 0 bridgehead atoms. The van der Waals surface area contributed by atoms with Crippen molar-refractivity contribution in [2.75, 3.05) is 6.61 Å². The Labute approximate surface area is 107 Å². The molecule has 0 fully saturated rings. The molecule has 0 aliphatic heterocycles. The van der Waals surface area contributed by atoms with Crippen LogP contribution in [0.5, 0.6) is 0 Å². The lowest BCUT2D eigenvalue weighted by Crippen LogP contribution is -2.17. The number of carbonyl (C=O) groups is 1. The van der Waals surface area contributed by atoms with Crippen molar-refractivity contribution in [3.8, 4) is 0 Å². The number of hydrogen-bond donors (Lipinski definition) is 0. The van der Waals surface area contributed by atoms with Gasteiger partial charge in [0.05, 0.1) is 6.61 Å². The molecular weight excluding hydrogens is 228 g/mol. The van der Waals surface area contributed by atoms with Crippen LogP contribution in [0.2, 0.25) is 0 Å². The van der Waals surface area contributed by atoms with Crippen LogP contribution in [0.1, 0.15) is 6.92 Å². The third-order valence-corrected chi connectivity index (χ3v) is 2.58. The Morgan fingerprint density at radius 2 is 1.72 bits per heavy atom. The van der Waals surface area contributed by atoms with Gasteiger partial charge in [-0.25, -0.2) is 4.79 Å². The van der Waals surface area contributed by atoms with Crippen LogP contribution in [0.3, 0.4) is 0 Å². The van der Waals surface area contributed by atoms with Crippen LogP contribution >= 0.6 is 0 Å². The summed E-state index contributed by atoms with van der Waals surface area (Å²) >= 11 is 0. The van der Waals surface area contributed by atoms with E-state index in [0.29, 0.717) is 6.61 Å². The van der Waals surface area contributed by atoms with E-state index in [1.807, 2.05) is 55.5 Å². The number of hydrogen-bond acceptors (Lipinski definition) is 3. The Morgan fingerprint density at radius 3 is 2.33 bits per heavy atom. The Morgan fingerprint density at radius 1 is 1.11 bits per heavy atom. The largest absolute Gasteiger partial charge is 0.487 e. The summed E-state index contributed by atoms with van der Waals surface area (Å²) in [4.78, 5) is 11.9. The molecule has 94 valence electrons. The Bertz CT molecular complexity index is 428. The van der Waals surface area contributed by atoms with Gasteiger partial charge in [0.1, 0.15) is 6.10 Å². The van der Waals surface area contributed by atoms with Crippen molar-refractivity contribution in [3.63, 3.8) is 0 Å². The van der Waals surface area contributed by atoms with Gasteiger partial charge < -0.3 is 9.47 Å². The minimum atomic E-state index is -0.424. The van der Waals surface area contributed by atoms with Crippen LogP contribution < -0.4 is 0 Å². The fourth-order valence-corrected chi connectivity index (χ4v) is 1.74. The summed E-state index contributed by atoms with van der Waals surface area (Å²) in [5.41, 5.74) is 0. The lowest BCUT2D eigenvalue weighted by atomic mass is 10.1. The van der Waals surface area contributed by atoms with Crippen molar-refractivity contribution < 1.29 is 14.3 Å². The SMILES string of the molecule is CCOC(=CC1C=CC=C1)C(=O)OC1C=CC=C1. The molecule has 3 nitrogen and oxygen atoms in total. The van der Waals surface area contributed by atoms with Gasteiger partial charge in [0.2, 0.25) is 5.76 Å². The van der Waals surface area contributed by atoms with E-state index in [0.717, 1.165) is 0 Å². The van der Waals surface area contributed by atoms with Crippen LogP contribution in [0.25, 0.3) is 0 Å². The Kier molecular flexibility index (Phi) is 4.18. The number of rotatable bonds is 5. The Hall–Kier alpha value is -2.03. The summed E-state index contributed by atoms with van der Waals surface area (Å²) in [6, 6.07) is 0. The first kappa shape index (κ1) is 12.4. The number of esters is 1. The first-order valence-corrected chi connectivity index (χ1v) is 6.05. The summed E-state index contributed by atoms with van der Waals surface area (Å²) in [7, 11) is 0. The zero-order valence-corrected chi connectivity index (χ0v) is 10.3.